The van der Waals surface area contributed by atoms with E-state index in [4.69, 9.17) is 11.6 Å². The van der Waals surface area contributed by atoms with E-state index in [0.717, 1.165) is 6.07 Å². The van der Waals surface area contributed by atoms with Gasteiger partial charge in [0.05, 0.1) is 22.5 Å². The van der Waals surface area contributed by atoms with Crippen molar-refractivity contribution < 1.29 is 54.1 Å². The van der Waals surface area contributed by atoms with Gasteiger partial charge in [0, 0.05) is 10.6 Å². The van der Waals surface area contributed by atoms with Crippen LogP contribution >= 0.6 is 11.6 Å². The molecular weight excluding hydrogens is 366 g/mol. The average Bonchev–Trinajstić information content (AvgIpc) is 2.45. The van der Waals surface area contributed by atoms with Crippen LogP contribution in [0.25, 0.3) is 11.3 Å². The molecule has 0 saturated heterocycles. The Bertz CT molecular complexity index is 768. The molecule has 0 fully saturated rings. The quantitative estimate of drug-likeness (QED) is 0.828. The van der Waals surface area contributed by atoms with Crippen molar-refractivity contribution in [2.24, 2.45) is 5.92 Å². The Labute approximate surface area is 172 Å². The maximum atomic E-state index is 13.4. The number of rotatable bonds is 4. The first-order chi connectivity index (χ1) is 11.1. The number of aromatic nitrogens is 1. The van der Waals surface area contributed by atoms with Gasteiger partial charge in [-0.15, -0.1) is 0 Å². The van der Waals surface area contributed by atoms with Crippen LogP contribution in [0.1, 0.15) is 36.9 Å². The van der Waals surface area contributed by atoms with Crippen molar-refractivity contribution in [2.75, 3.05) is 0 Å². The number of nitrogens with zero attached hydrogens (tertiary/aromatic N) is 1. The van der Waals surface area contributed by atoms with Crippen LogP contribution in [-0.2, 0) is 12.6 Å². The molecule has 130 valence electrons. The fourth-order valence-corrected chi connectivity index (χ4v) is 2.49. The van der Waals surface area contributed by atoms with Crippen molar-refractivity contribution >= 4 is 17.6 Å². The molecule has 0 bridgehead atoms. The number of hydrogen-bond acceptors (Lipinski definition) is 2. The second kappa shape index (κ2) is 8.54. The second-order valence-electron chi connectivity index (χ2n) is 5.78. The summed E-state index contributed by atoms with van der Waals surface area (Å²) in [7, 11) is 0. The second-order valence-corrected chi connectivity index (χ2v) is 6.22. The summed E-state index contributed by atoms with van der Waals surface area (Å²) < 4.78 is 40.1. The Hall–Kier alpha value is -1.08. The van der Waals surface area contributed by atoms with Gasteiger partial charge in [-0.3, -0.25) is 4.98 Å². The first-order valence-electron chi connectivity index (χ1n) is 7.20. The third kappa shape index (κ3) is 5.45. The van der Waals surface area contributed by atoms with E-state index in [-0.39, 0.29) is 54.7 Å². The van der Waals surface area contributed by atoms with Crippen molar-refractivity contribution in [2.45, 2.75) is 26.4 Å². The first-order valence-corrected chi connectivity index (χ1v) is 7.57. The average molecular weight is 382 g/mol. The Kier molecular flexibility index (Phi) is 7.50. The van der Waals surface area contributed by atoms with E-state index in [1.807, 2.05) is 0 Å². The van der Waals surface area contributed by atoms with E-state index in [2.05, 4.69) is 4.98 Å². The Morgan fingerprint density at radius 1 is 1.28 bits per heavy atom. The van der Waals surface area contributed by atoms with Gasteiger partial charge in [-0.1, -0.05) is 37.6 Å². The number of aromatic carboxylic acids is 1. The summed E-state index contributed by atoms with van der Waals surface area (Å²) >= 11 is 5.79. The fourth-order valence-electron chi connectivity index (χ4n) is 2.36. The third-order valence-electron chi connectivity index (χ3n) is 3.36. The summed E-state index contributed by atoms with van der Waals surface area (Å²) in [5.74, 6) is -1.68. The molecule has 0 saturated carbocycles. The maximum absolute atomic E-state index is 13.4. The summed E-state index contributed by atoms with van der Waals surface area (Å²) in [6, 6.07) is 6.95. The topological polar surface area (TPSA) is 50.2 Å². The Morgan fingerprint density at radius 2 is 1.84 bits per heavy atom. The number of benzene rings is 1. The van der Waals surface area contributed by atoms with Gasteiger partial charge in [-0.05, 0) is 30.5 Å². The first kappa shape index (κ1) is 22.0. The molecule has 0 aliphatic carbocycles. The molecule has 8 heteroatoms. The summed E-state index contributed by atoms with van der Waals surface area (Å²) in [6.07, 6.45) is -4.66. The maximum Gasteiger partial charge on any atom is 1.00 e. The molecule has 1 N–H and O–H groups in total. The predicted molar refractivity (Wildman–Crippen MR) is 86.3 cm³/mol. The van der Waals surface area contributed by atoms with Crippen LogP contribution in [0.5, 0.6) is 0 Å². The Morgan fingerprint density at radius 3 is 2.28 bits per heavy atom. The molecule has 0 aliphatic heterocycles. The molecule has 1 aromatic carbocycles. The van der Waals surface area contributed by atoms with Crippen molar-refractivity contribution in [3.05, 3.63) is 52.2 Å². The van der Waals surface area contributed by atoms with E-state index >= 15 is 0 Å². The van der Waals surface area contributed by atoms with E-state index < -0.39 is 23.3 Å². The van der Waals surface area contributed by atoms with Crippen molar-refractivity contribution in [1.82, 2.24) is 4.98 Å². The van der Waals surface area contributed by atoms with E-state index in [1.54, 1.807) is 38.1 Å². The normalized spacial score (nSPS) is 11.3. The molecule has 0 spiro atoms. The minimum atomic E-state index is -4.79. The standard InChI is InChI=1S/C17H15ClF3NO2.Na.H/c1-9(2)7-14-15(16(23)24)12(17(19,20)21)8-13(22-14)10-3-5-11(18)6-4-10;;/h3-6,8-9H,7H2,1-2H3,(H,23,24);;/q;+1;-1. The van der Waals surface area contributed by atoms with Crippen LogP contribution in [0.15, 0.2) is 30.3 Å². The van der Waals surface area contributed by atoms with Gasteiger partial charge in [0.2, 0.25) is 0 Å². The monoisotopic (exact) mass is 381 g/mol. The van der Waals surface area contributed by atoms with Crippen LogP contribution in [0.4, 0.5) is 13.2 Å². The van der Waals surface area contributed by atoms with Crippen LogP contribution in [0, 0.1) is 5.92 Å². The van der Waals surface area contributed by atoms with Gasteiger partial charge in [-0.2, -0.15) is 13.2 Å². The van der Waals surface area contributed by atoms with Crippen molar-refractivity contribution in [3.63, 3.8) is 0 Å². The number of alkyl halides is 3. The minimum absolute atomic E-state index is 0. The predicted octanol–water partition coefficient (Wildman–Crippen LogP) is 2.43. The van der Waals surface area contributed by atoms with Gasteiger partial charge < -0.3 is 6.53 Å². The largest absolute Gasteiger partial charge is 1.00 e. The van der Waals surface area contributed by atoms with E-state index in [9.17, 15) is 23.1 Å². The molecule has 0 unspecified atom stereocenters. The van der Waals surface area contributed by atoms with Gasteiger partial charge >= 0.3 is 41.7 Å². The van der Waals surface area contributed by atoms with Crippen molar-refractivity contribution in [3.8, 4) is 11.3 Å². The minimum Gasteiger partial charge on any atom is -1.00 e. The molecule has 25 heavy (non-hydrogen) atoms. The molecular formula is C17H16ClF3NNaO2. The molecule has 2 aromatic rings. The van der Waals surface area contributed by atoms with Crippen LogP contribution < -0.4 is 29.6 Å². The van der Waals surface area contributed by atoms with Gasteiger partial charge in [0.15, 0.2) is 0 Å². The number of halogens is 4. The number of carboxylic acids is 1. The smallest absolute Gasteiger partial charge is 1.00 e. The molecule has 1 heterocycles. The summed E-state index contributed by atoms with van der Waals surface area (Å²) in [4.78, 5) is 15.6. The van der Waals surface area contributed by atoms with Crippen LogP contribution in [0.2, 0.25) is 5.02 Å². The Balaban J connectivity index is 0.00000312. The van der Waals surface area contributed by atoms with Crippen molar-refractivity contribution in [1.29, 1.82) is 0 Å². The SMILES string of the molecule is CC(C)Cc1nc(-c2ccc(Cl)cc2)cc(C(F)(F)F)c1C(=O)O.[H-].[Na+]. The van der Waals surface area contributed by atoms with E-state index in [0.29, 0.717) is 10.6 Å². The van der Waals surface area contributed by atoms with Crippen LogP contribution in [0.3, 0.4) is 0 Å². The zero-order valence-corrected chi connectivity index (χ0v) is 16.7. The van der Waals surface area contributed by atoms with Gasteiger partial charge in [0.1, 0.15) is 0 Å². The summed E-state index contributed by atoms with van der Waals surface area (Å²) in [6.45, 7) is 3.57. The molecule has 0 aliphatic rings. The number of carbonyl (C=O) groups is 1. The van der Waals surface area contributed by atoms with Gasteiger partial charge in [0.25, 0.3) is 0 Å². The molecule has 0 atom stereocenters. The van der Waals surface area contributed by atoms with Gasteiger partial charge in [-0.25, -0.2) is 4.79 Å². The number of pyridine rings is 1. The zero-order chi connectivity index (χ0) is 18.1. The van der Waals surface area contributed by atoms with E-state index in [1.165, 1.54) is 0 Å². The third-order valence-corrected chi connectivity index (χ3v) is 3.61. The fraction of sp³-hybridized carbons (Fsp3) is 0.294. The molecule has 2 rings (SSSR count). The zero-order valence-electron chi connectivity index (χ0n) is 15.0. The molecule has 3 nitrogen and oxygen atoms in total. The molecule has 0 radical (unpaired) electrons. The number of carboxylic acid groups (broad SMARTS) is 1. The number of hydrogen-bond donors (Lipinski definition) is 1. The molecule has 1 aromatic heterocycles. The summed E-state index contributed by atoms with van der Waals surface area (Å²) in [5.41, 5.74) is -1.54. The summed E-state index contributed by atoms with van der Waals surface area (Å²) in [5, 5.41) is 9.71. The van der Waals surface area contributed by atoms with Crippen LogP contribution in [-0.4, -0.2) is 16.1 Å². The molecule has 0 amide bonds.